The highest BCUT2D eigenvalue weighted by atomic mass is 35.5. The number of ether oxygens (including phenoxy) is 1. The van der Waals surface area contributed by atoms with Crippen LogP contribution in [0.2, 0.25) is 0 Å². The van der Waals surface area contributed by atoms with Gasteiger partial charge < -0.3 is 14.7 Å². The number of aliphatic hydroxyl groups is 1. The van der Waals surface area contributed by atoms with E-state index in [0.29, 0.717) is 12.6 Å². The lowest BCUT2D eigenvalue weighted by Crippen LogP contribution is -2.40. The molecule has 1 aliphatic rings. The third kappa shape index (κ3) is 5.81. The average Bonchev–Trinajstić information content (AvgIpc) is 2.47. The molecule has 3 nitrogen and oxygen atoms in total. The number of likely N-dealkylation sites (N-methyl/N-ethyl adjacent to an activating group) is 1. The number of nitrogens with zero attached hydrogens (tertiary/aromatic N) is 1. The van der Waals surface area contributed by atoms with Crippen LogP contribution in [0.1, 0.15) is 32.1 Å². The molecule has 0 aliphatic heterocycles. The topological polar surface area (TPSA) is 32.7 Å². The van der Waals surface area contributed by atoms with Crippen LogP contribution in [0.5, 0.6) is 5.75 Å². The molecule has 1 saturated carbocycles. The van der Waals surface area contributed by atoms with Gasteiger partial charge in [-0.25, -0.2) is 4.39 Å². The van der Waals surface area contributed by atoms with Crippen LogP contribution < -0.4 is 4.74 Å². The molecule has 120 valence electrons. The fourth-order valence-corrected chi connectivity index (χ4v) is 2.80. The number of hydrogen-bond acceptors (Lipinski definition) is 3. The van der Waals surface area contributed by atoms with Gasteiger partial charge in [0, 0.05) is 12.6 Å². The second kappa shape index (κ2) is 9.23. The Labute approximate surface area is 132 Å². The number of aliphatic hydroxyl groups excluding tert-OH is 1. The summed E-state index contributed by atoms with van der Waals surface area (Å²) in [5.41, 5.74) is 0. The highest BCUT2D eigenvalue weighted by molar-refractivity contribution is 5.85. The van der Waals surface area contributed by atoms with Crippen molar-refractivity contribution in [3.8, 4) is 5.75 Å². The third-order valence-corrected chi connectivity index (χ3v) is 3.96. The highest BCUT2D eigenvalue weighted by Crippen LogP contribution is 2.22. The number of hydrogen-bond donors (Lipinski definition) is 1. The van der Waals surface area contributed by atoms with Gasteiger partial charge in [0.1, 0.15) is 12.7 Å². The van der Waals surface area contributed by atoms with Crippen LogP contribution in [0, 0.1) is 5.82 Å². The van der Waals surface area contributed by atoms with Crippen molar-refractivity contribution in [3.63, 3.8) is 0 Å². The molecule has 0 heterocycles. The molecule has 2 rings (SSSR count). The Morgan fingerprint density at radius 1 is 1.29 bits per heavy atom. The molecule has 5 heteroatoms. The molecule has 1 aromatic rings. The van der Waals surface area contributed by atoms with Crippen LogP contribution >= 0.6 is 12.4 Å². The summed E-state index contributed by atoms with van der Waals surface area (Å²) in [7, 11) is 2.04. The summed E-state index contributed by atoms with van der Waals surface area (Å²) in [4.78, 5) is 2.20. The Balaban J connectivity index is 0.00000220. The first kappa shape index (κ1) is 18.2. The number of halogens is 2. The van der Waals surface area contributed by atoms with Crippen molar-refractivity contribution in [2.45, 2.75) is 44.2 Å². The predicted molar refractivity (Wildman–Crippen MR) is 84.7 cm³/mol. The summed E-state index contributed by atoms with van der Waals surface area (Å²) in [6, 6.07) is 6.84. The lowest BCUT2D eigenvalue weighted by Gasteiger charge is -2.32. The molecule has 0 aromatic heterocycles. The molecular weight excluding hydrogens is 293 g/mol. The van der Waals surface area contributed by atoms with Gasteiger partial charge in [-0.05, 0) is 32.0 Å². The second-order valence-corrected chi connectivity index (χ2v) is 5.63. The van der Waals surface area contributed by atoms with E-state index in [9.17, 15) is 9.50 Å². The van der Waals surface area contributed by atoms with Gasteiger partial charge in [-0.3, -0.25) is 0 Å². The fourth-order valence-electron chi connectivity index (χ4n) is 2.80. The van der Waals surface area contributed by atoms with Gasteiger partial charge in [-0.15, -0.1) is 12.4 Å². The van der Waals surface area contributed by atoms with E-state index in [1.54, 1.807) is 18.2 Å². The van der Waals surface area contributed by atoms with Crippen molar-refractivity contribution in [1.82, 2.24) is 4.90 Å². The van der Waals surface area contributed by atoms with Gasteiger partial charge in [-0.2, -0.15) is 0 Å². The van der Waals surface area contributed by atoms with Crippen molar-refractivity contribution in [2.24, 2.45) is 0 Å². The molecule has 1 unspecified atom stereocenters. The first-order valence-corrected chi connectivity index (χ1v) is 7.42. The van der Waals surface area contributed by atoms with E-state index in [2.05, 4.69) is 4.90 Å². The maximum absolute atomic E-state index is 13.4. The Hall–Kier alpha value is -0.840. The second-order valence-electron chi connectivity index (χ2n) is 5.63. The molecule has 1 N–H and O–H groups in total. The van der Waals surface area contributed by atoms with Gasteiger partial charge in [0.05, 0.1) is 0 Å². The van der Waals surface area contributed by atoms with Crippen molar-refractivity contribution in [2.75, 3.05) is 20.2 Å². The molecule has 0 saturated heterocycles. The van der Waals surface area contributed by atoms with E-state index in [4.69, 9.17) is 4.74 Å². The minimum Gasteiger partial charge on any atom is -0.488 e. The lowest BCUT2D eigenvalue weighted by molar-refractivity contribution is 0.0550. The Morgan fingerprint density at radius 3 is 2.62 bits per heavy atom. The van der Waals surface area contributed by atoms with Crippen molar-refractivity contribution < 1.29 is 14.2 Å². The maximum atomic E-state index is 13.4. The number of rotatable bonds is 6. The molecule has 0 bridgehead atoms. The standard InChI is InChI=1S/C16H24FNO2.ClH/c1-18(13-7-3-2-4-8-13)11-14(19)12-20-16-10-6-5-9-15(16)17;/h5-6,9-10,13-14,19H,2-4,7-8,11-12H2,1H3;1H. The van der Waals surface area contributed by atoms with E-state index in [-0.39, 0.29) is 30.6 Å². The van der Waals surface area contributed by atoms with E-state index in [0.717, 1.165) is 0 Å². The van der Waals surface area contributed by atoms with Crippen LogP contribution in [-0.2, 0) is 0 Å². The summed E-state index contributed by atoms with van der Waals surface area (Å²) >= 11 is 0. The van der Waals surface area contributed by atoms with Gasteiger partial charge in [-0.1, -0.05) is 31.4 Å². The molecular formula is C16H25ClFNO2. The van der Waals surface area contributed by atoms with Crippen LogP contribution in [0.25, 0.3) is 0 Å². The monoisotopic (exact) mass is 317 g/mol. The maximum Gasteiger partial charge on any atom is 0.165 e. The zero-order valence-electron chi connectivity index (χ0n) is 12.5. The van der Waals surface area contributed by atoms with Crippen LogP contribution in [-0.4, -0.2) is 42.4 Å². The quantitative estimate of drug-likeness (QED) is 0.874. The minimum absolute atomic E-state index is 0. The lowest BCUT2D eigenvalue weighted by atomic mass is 9.94. The smallest absolute Gasteiger partial charge is 0.165 e. The number of para-hydroxylation sites is 1. The summed E-state index contributed by atoms with van der Waals surface area (Å²) in [5, 5.41) is 10.0. The molecule has 1 fully saturated rings. The minimum atomic E-state index is -0.596. The average molecular weight is 318 g/mol. The molecule has 21 heavy (non-hydrogen) atoms. The van der Waals surface area contributed by atoms with Crippen molar-refractivity contribution in [1.29, 1.82) is 0 Å². The van der Waals surface area contributed by atoms with E-state index >= 15 is 0 Å². The van der Waals surface area contributed by atoms with E-state index in [1.165, 1.54) is 38.2 Å². The SMILES string of the molecule is CN(CC(O)COc1ccccc1F)C1CCCCC1.Cl. The largest absolute Gasteiger partial charge is 0.488 e. The summed E-state index contributed by atoms with van der Waals surface area (Å²) in [6.07, 6.45) is 5.69. The summed E-state index contributed by atoms with van der Waals surface area (Å²) in [5.74, 6) is -0.188. The van der Waals surface area contributed by atoms with Crippen molar-refractivity contribution >= 4 is 12.4 Å². The Morgan fingerprint density at radius 2 is 1.95 bits per heavy atom. The molecule has 1 aromatic carbocycles. The van der Waals surface area contributed by atoms with Crippen LogP contribution in [0.4, 0.5) is 4.39 Å². The normalized spacial score (nSPS) is 17.3. The first-order valence-electron chi connectivity index (χ1n) is 7.42. The Bertz CT molecular complexity index is 413. The van der Waals surface area contributed by atoms with Gasteiger partial charge in [0.2, 0.25) is 0 Å². The molecule has 0 amide bonds. The van der Waals surface area contributed by atoms with E-state index in [1.807, 2.05) is 7.05 Å². The highest BCUT2D eigenvalue weighted by Gasteiger charge is 2.20. The van der Waals surface area contributed by atoms with E-state index < -0.39 is 6.10 Å². The predicted octanol–water partition coefficient (Wildman–Crippen LogP) is 3.25. The molecule has 0 radical (unpaired) electrons. The fraction of sp³-hybridized carbons (Fsp3) is 0.625. The first-order chi connectivity index (χ1) is 9.66. The summed E-state index contributed by atoms with van der Waals surface area (Å²) < 4.78 is 18.7. The number of benzene rings is 1. The van der Waals surface area contributed by atoms with Gasteiger partial charge in [0.25, 0.3) is 0 Å². The zero-order valence-corrected chi connectivity index (χ0v) is 13.3. The molecule has 1 aliphatic carbocycles. The van der Waals surface area contributed by atoms with Gasteiger partial charge >= 0.3 is 0 Å². The molecule has 1 atom stereocenters. The van der Waals surface area contributed by atoms with Crippen molar-refractivity contribution in [3.05, 3.63) is 30.1 Å². The van der Waals surface area contributed by atoms with Crippen LogP contribution in [0.3, 0.4) is 0 Å². The molecule has 0 spiro atoms. The summed E-state index contributed by atoms with van der Waals surface area (Å²) in [6.45, 7) is 0.692. The zero-order chi connectivity index (χ0) is 14.4. The van der Waals surface area contributed by atoms with Gasteiger partial charge in [0.15, 0.2) is 11.6 Å². The van der Waals surface area contributed by atoms with Crippen LogP contribution in [0.15, 0.2) is 24.3 Å². The Kier molecular flexibility index (Phi) is 8.01. The third-order valence-electron chi connectivity index (χ3n) is 3.96.